The molecule has 2 aliphatic heterocycles. The van der Waals surface area contributed by atoms with Crippen molar-refractivity contribution >= 4 is 11.5 Å². The summed E-state index contributed by atoms with van der Waals surface area (Å²) < 4.78 is 0. The van der Waals surface area contributed by atoms with Crippen LogP contribution in [0, 0.1) is 19.1 Å². The largest absolute Gasteiger partial charge is 0.509 e. The standard InChI is InChI=1S/C16H17NO2.W.Y/c1-11-7-4-5-8-12(11)14-15(18)13-9-3-2-6-10-17(13)16(14)19;;/h5,7,13,18H,2-3,6,9-10H2,1H3;;/q-2;;. The number of fused-ring (bicyclic) bond motifs is 1. The van der Waals surface area contributed by atoms with E-state index >= 15 is 0 Å². The van der Waals surface area contributed by atoms with Crippen LogP contribution in [0.5, 0.6) is 0 Å². The fraction of sp³-hybridized carbons (Fsp3) is 0.438. The van der Waals surface area contributed by atoms with E-state index in [1.807, 2.05) is 17.9 Å². The summed E-state index contributed by atoms with van der Waals surface area (Å²) in [5, 5.41) is 10.4. The number of hydrogen-bond acceptors (Lipinski definition) is 2. The van der Waals surface area contributed by atoms with Gasteiger partial charge in [-0.3, -0.25) is 16.4 Å². The predicted molar refractivity (Wildman–Crippen MR) is 72.4 cm³/mol. The average molecular weight is 528 g/mol. The van der Waals surface area contributed by atoms with Crippen molar-refractivity contribution in [2.45, 2.75) is 38.6 Å². The monoisotopic (exact) mass is 528 g/mol. The van der Waals surface area contributed by atoms with Gasteiger partial charge in [-0.15, -0.1) is 6.92 Å². The summed E-state index contributed by atoms with van der Waals surface area (Å²) >= 11 is 0. The van der Waals surface area contributed by atoms with Crippen molar-refractivity contribution in [2.75, 3.05) is 6.54 Å². The molecule has 1 saturated heterocycles. The third kappa shape index (κ3) is 3.51. The summed E-state index contributed by atoms with van der Waals surface area (Å²) in [6.45, 7) is 2.66. The zero-order chi connectivity index (χ0) is 13.4. The topological polar surface area (TPSA) is 40.5 Å². The fourth-order valence-corrected chi connectivity index (χ4v) is 3.03. The molecule has 2 heterocycles. The van der Waals surface area contributed by atoms with Crippen LogP contribution in [0.15, 0.2) is 17.9 Å². The van der Waals surface area contributed by atoms with Gasteiger partial charge in [0.1, 0.15) is 5.76 Å². The second-order valence-electron chi connectivity index (χ2n) is 5.28. The normalized spacial score (nSPS) is 21.3. The number of amides is 1. The van der Waals surface area contributed by atoms with Crippen LogP contribution < -0.4 is 0 Å². The third-order valence-corrected chi connectivity index (χ3v) is 4.04. The molecule has 3 rings (SSSR count). The molecule has 1 fully saturated rings. The molecule has 1 radical (unpaired) electrons. The van der Waals surface area contributed by atoms with E-state index in [4.69, 9.17) is 0 Å². The summed E-state index contributed by atoms with van der Waals surface area (Å²) in [7, 11) is 0. The first kappa shape index (κ1) is 19.1. The second-order valence-corrected chi connectivity index (χ2v) is 5.28. The van der Waals surface area contributed by atoms with Crippen molar-refractivity contribution in [1.82, 2.24) is 4.90 Å². The molecule has 21 heavy (non-hydrogen) atoms. The number of aryl methyl sites for hydroxylation is 1. The van der Waals surface area contributed by atoms with E-state index in [9.17, 15) is 9.90 Å². The molecule has 1 aromatic carbocycles. The summed E-state index contributed by atoms with van der Waals surface area (Å²) in [6, 6.07) is 9.35. The maximum atomic E-state index is 12.5. The summed E-state index contributed by atoms with van der Waals surface area (Å²) in [5.74, 6) is 0.187. The minimum atomic E-state index is -0.123. The van der Waals surface area contributed by atoms with E-state index in [0.717, 1.165) is 37.8 Å². The molecule has 0 bridgehead atoms. The van der Waals surface area contributed by atoms with Crippen LogP contribution in [-0.2, 0) is 58.6 Å². The number of carbonyl (C=O) groups excluding carboxylic acids is 1. The van der Waals surface area contributed by atoms with E-state index in [1.165, 1.54) is 0 Å². The van der Waals surface area contributed by atoms with Gasteiger partial charge >= 0.3 is 0 Å². The first-order valence-electron chi connectivity index (χ1n) is 6.83. The van der Waals surface area contributed by atoms with Gasteiger partial charge in [0, 0.05) is 65.9 Å². The van der Waals surface area contributed by atoms with Gasteiger partial charge in [0.25, 0.3) is 5.91 Å². The number of aliphatic hydroxyl groups is 1. The number of carbonyl (C=O) groups is 1. The number of hydrogen-bond donors (Lipinski definition) is 1. The van der Waals surface area contributed by atoms with Gasteiger partial charge in [-0.25, -0.2) is 5.56 Å². The van der Waals surface area contributed by atoms with E-state index in [1.54, 1.807) is 6.07 Å². The van der Waals surface area contributed by atoms with Crippen LogP contribution in [-0.4, -0.2) is 28.5 Å². The molecule has 3 nitrogen and oxygen atoms in total. The van der Waals surface area contributed by atoms with Crippen molar-refractivity contribution in [3.8, 4) is 0 Å². The van der Waals surface area contributed by atoms with Gasteiger partial charge in [0.05, 0.1) is 6.04 Å². The minimum absolute atomic E-state index is 0. The molecular formula is C16H17NO2WY-2. The first-order valence-corrected chi connectivity index (χ1v) is 6.83. The SMILES string of the molecule is Cc1c[c-]c[c-]c1C1=C(O)C2CCCCCN2C1=O.[W].[Y]. The first-order chi connectivity index (χ1) is 9.20. The Morgan fingerprint density at radius 2 is 2.10 bits per heavy atom. The van der Waals surface area contributed by atoms with Crippen molar-refractivity contribution in [2.24, 2.45) is 0 Å². The maximum Gasteiger partial charge on any atom is 0.254 e. The van der Waals surface area contributed by atoms with Gasteiger partial charge in [-0.1, -0.05) is 12.8 Å². The van der Waals surface area contributed by atoms with Crippen LogP contribution in [0.25, 0.3) is 5.57 Å². The molecular weight excluding hydrogens is 511 g/mol. The Morgan fingerprint density at radius 3 is 2.81 bits per heavy atom. The van der Waals surface area contributed by atoms with Crippen LogP contribution >= 0.6 is 0 Å². The molecule has 2 aliphatic rings. The molecule has 109 valence electrons. The molecule has 1 aromatic rings. The predicted octanol–water partition coefficient (Wildman–Crippen LogP) is 2.64. The fourth-order valence-electron chi connectivity index (χ4n) is 3.03. The Hall–Kier alpha value is 0.0222. The third-order valence-electron chi connectivity index (χ3n) is 4.04. The van der Waals surface area contributed by atoms with Crippen LogP contribution in [0.1, 0.15) is 36.8 Å². The average Bonchev–Trinajstić information content (AvgIpc) is 2.61. The molecule has 0 spiro atoms. The van der Waals surface area contributed by atoms with E-state index in [-0.39, 0.29) is 71.5 Å². The Balaban J connectivity index is 0.00000110. The van der Waals surface area contributed by atoms with Crippen LogP contribution in [0.2, 0.25) is 0 Å². The Kier molecular flexibility index (Phi) is 7.30. The van der Waals surface area contributed by atoms with E-state index in [2.05, 4.69) is 12.1 Å². The molecule has 1 N–H and O–H groups in total. The molecule has 1 atom stereocenters. The number of nitrogens with zero attached hydrogens (tertiary/aromatic N) is 1. The van der Waals surface area contributed by atoms with Gasteiger partial charge in [-0.2, -0.15) is 0 Å². The van der Waals surface area contributed by atoms with Gasteiger partial charge in [0.2, 0.25) is 0 Å². The van der Waals surface area contributed by atoms with Crippen LogP contribution in [0.4, 0.5) is 0 Å². The van der Waals surface area contributed by atoms with Crippen LogP contribution in [0.3, 0.4) is 0 Å². The van der Waals surface area contributed by atoms with E-state index in [0.29, 0.717) is 11.1 Å². The minimum Gasteiger partial charge on any atom is -0.509 e. The van der Waals surface area contributed by atoms with Crippen molar-refractivity contribution < 1.29 is 63.7 Å². The molecule has 0 saturated carbocycles. The number of benzene rings is 1. The van der Waals surface area contributed by atoms with E-state index < -0.39 is 0 Å². The Labute approximate surface area is 165 Å². The summed E-state index contributed by atoms with van der Waals surface area (Å²) in [6.07, 6.45) is 4.08. The van der Waals surface area contributed by atoms with Crippen molar-refractivity contribution in [3.05, 3.63) is 41.2 Å². The van der Waals surface area contributed by atoms with Gasteiger partial charge < -0.3 is 28.2 Å². The maximum absolute atomic E-state index is 12.5. The Bertz CT molecular complexity index is 559. The quantitative estimate of drug-likeness (QED) is 0.571. The van der Waals surface area contributed by atoms with Gasteiger partial charge in [-0.05, 0) is 12.8 Å². The molecule has 0 aliphatic carbocycles. The Morgan fingerprint density at radius 1 is 1.33 bits per heavy atom. The van der Waals surface area contributed by atoms with Crippen molar-refractivity contribution in [3.63, 3.8) is 0 Å². The van der Waals surface area contributed by atoms with Gasteiger partial charge in [0.15, 0.2) is 0 Å². The molecule has 1 unspecified atom stereocenters. The summed E-state index contributed by atoms with van der Waals surface area (Å²) in [4.78, 5) is 14.4. The molecule has 0 aromatic heterocycles. The number of rotatable bonds is 1. The molecule has 5 heteroatoms. The zero-order valence-corrected chi connectivity index (χ0v) is 17.8. The second kappa shape index (κ2) is 8.04. The summed E-state index contributed by atoms with van der Waals surface area (Å²) in [5.41, 5.74) is 2.09. The van der Waals surface area contributed by atoms with Crippen molar-refractivity contribution in [1.29, 1.82) is 0 Å². The zero-order valence-electron chi connectivity index (χ0n) is 12.1. The smallest absolute Gasteiger partial charge is 0.254 e. The molecule has 1 amide bonds. The number of aliphatic hydroxyl groups excluding tert-OH is 1.